The number of nitrogen functional groups attached to an aromatic ring is 1. The monoisotopic (exact) mass is 316 g/mol. The molecule has 3 N–H and O–H groups in total. The first kappa shape index (κ1) is 15.8. The van der Waals surface area contributed by atoms with Crippen molar-refractivity contribution in [2.24, 2.45) is 0 Å². The maximum absolute atomic E-state index is 12.1. The SMILES string of the molecule is Nc1ccc(CCc2ccc(NC(=O)c3ccccc3)cc2)cc1. The summed E-state index contributed by atoms with van der Waals surface area (Å²) in [6.07, 6.45) is 1.92. The van der Waals surface area contributed by atoms with Crippen LogP contribution in [0, 0.1) is 0 Å². The fourth-order valence-corrected chi connectivity index (χ4v) is 2.52. The fraction of sp³-hybridized carbons (Fsp3) is 0.0952. The first-order valence-corrected chi connectivity index (χ1v) is 8.00. The molecule has 3 nitrogen and oxygen atoms in total. The van der Waals surface area contributed by atoms with Gasteiger partial charge in [-0.3, -0.25) is 4.79 Å². The van der Waals surface area contributed by atoms with Gasteiger partial charge in [0, 0.05) is 16.9 Å². The zero-order valence-corrected chi connectivity index (χ0v) is 13.4. The average Bonchev–Trinajstić information content (AvgIpc) is 2.63. The zero-order valence-electron chi connectivity index (χ0n) is 13.4. The number of amides is 1. The number of carbonyl (C=O) groups is 1. The molecule has 0 fully saturated rings. The van der Waals surface area contributed by atoms with Crippen molar-refractivity contribution in [3.05, 3.63) is 95.6 Å². The van der Waals surface area contributed by atoms with Gasteiger partial charge in [-0.2, -0.15) is 0 Å². The van der Waals surface area contributed by atoms with Gasteiger partial charge in [0.1, 0.15) is 0 Å². The van der Waals surface area contributed by atoms with E-state index in [9.17, 15) is 4.79 Å². The normalized spacial score (nSPS) is 10.3. The van der Waals surface area contributed by atoms with Gasteiger partial charge in [-0.05, 0) is 60.4 Å². The van der Waals surface area contributed by atoms with Crippen LogP contribution >= 0.6 is 0 Å². The topological polar surface area (TPSA) is 55.1 Å². The highest BCUT2D eigenvalue weighted by Crippen LogP contribution is 2.14. The molecule has 0 saturated carbocycles. The van der Waals surface area contributed by atoms with Gasteiger partial charge in [-0.1, -0.05) is 42.5 Å². The summed E-state index contributed by atoms with van der Waals surface area (Å²) in [4.78, 5) is 12.1. The number of nitrogens with one attached hydrogen (secondary N) is 1. The Labute approximate surface area is 142 Å². The maximum atomic E-state index is 12.1. The van der Waals surface area contributed by atoms with E-state index in [2.05, 4.69) is 29.6 Å². The molecule has 0 aliphatic heterocycles. The Morgan fingerprint density at radius 1 is 0.750 bits per heavy atom. The molecule has 24 heavy (non-hydrogen) atoms. The number of benzene rings is 3. The van der Waals surface area contributed by atoms with E-state index in [4.69, 9.17) is 5.73 Å². The number of nitrogens with two attached hydrogens (primary N) is 1. The third-order valence-electron chi connectivity index (χ3n) is 3.93. The summed E-state index contributed by atoms with van der Waals surface area (Å²) >= 11 is 0. The second-order valence-corrected chi connectivity index (χ2v) is 5.76. The maximum Gasteiger partial charge on any atom is 0.255 e. The summed E-state index contributed by atoms with van der Waals surface area (Å²) in [5.74, 6) is -0.0924. The van der Waals surface area contributed by atoms with Crippen molar-refractivity contribution < 1.29 is 4.79 Å². The number of hydrogen-bond acceptors (Lipinski definition) is 2. The lowest BCUT2D eigenvalue weighted by Gasteiger charge is -2.07. The van der Waals surface area contributed by atoms with Crippen molar-refractivity contribution in [2.75, 3.05) is 11.1 Å². The molecule has 0 unspecified atom stereocenters. The predicted octanol–water partition coefficient (Wildman–Crippen LogP) is 4.31. The molecule has 0 aliphatic rings. The molecule has 3 aromatic carbocycles. The Balaban J connectivity index is 1.57. The number of rotatable bonds is 5. The Hall–Kier alpha value is -3.07. The molecule has 0 aromatic heterocycles. The Morgan fingerprint density at radius 2 is 1.29 bits per heavy atom. The van der Waals surface area contributed by atoms with Crippen molar-refractivity contribution in [2.45, 2.75) is 12.8 Å². The lowest BCUT2D eigenvalue weighted by Crippen LogP contribution is -2.11. The van der Waals surface area contributed by atoms with Gasteiger partial charge >= 0.3 is 0 Å². The van der Waals surface area contributed by atoms with Gasteiger partial charge < -0.3 is 11.1 Å². The van der Waals surface area contributed by atoms with E-state index in [1.165, 1.54) is 11.1 Å². The van der Waals surface area contributed by atoms with Crippen molar-refractivity contribution in [3.63, 3.8) is 0 Å². The summed E-state index contributed by atoms with van der Waals surface area (Å²) in [5, 5.41) is 2.91. The molecule has 120 valence electrons. The van der Waals surface area contributed by atoms with Gasteiger partial charge in [0.05, 0.1) is 0 Å². The Kier molecular flexibility index (Phi) is 4.92. The van der Waals surface area contributed by atoms with E-state index in [1.54, 1.807) is 12.1 Å². The highest BCUT2D eigenvalue weighted by Gasteiger charge is 2.05. The van der Waals surface area contributed by atoms with Crippen LogP contribution in [-0.4, -0.2) is 5.91 Å². The van der Waals surface area contributed by atoms with E-state index in [0.717, 1.165) is 24.2 Å². The summed E-state index contributed by atoms with van der Waals surface area (Å²) in [7, 11) is 0. The lowest BCUT2D eigenvalue weighted by atomic mass is 10.0. The molecule has 0 atom stereocenters. The molecule has 3 heteroatoms. The molecule has 3 aromatic rings. The molecule has 0 radical (unpaired) electrons. The number of carbonyl (C=O) groups excluding carboxylic acids is 1. The Bertz CT molecular complexity index is 794. The van der Waals surface area contributed by atoms with Crippen LogP contribution in [0.15, 0.2) is 78.9 Å². The van der Waals surface area contributed by atoms with Crippen molar-refractivity contribution >= 4 is 17.3 Å². The van der Waals surface area contributed by atoms with Gasteiger partial charge in [0.2, 0.25) is 0 Å². The van der Waals surface area contributed by atoms with Crippen LogP contribution in [0.3, 0.4) is 0 Å². The van der Waals surface area contributed by atoms with Gasteiger partial charge in [0.25, 0.3) is 5.91 Å². The molecular formula is C21H20N2O. The van der Waals surface area contributed by atoms with Gasteiger partial charge in [-0.25, -0.2) is 0 Å². The third kappa shape index (κ3) is 4.23. The van der Waals surface area contributed by atoms with Gasteiger partial charge in [0.15, 0.2) is 0 Å². The lowest BCUT2D eigenvalue weighted by molar-refractivity contribution is 0.102. The van der Waals surface area contributed by atoms with Crippen LogP contribution in [0.5, 0.6) is 0 Å². The molecule has 0 saturated heterocycles. The Morgan fingerprint density at radius 3 is 1.88 bits per heavy atom. The van der Waals surface area contributed by atoms with E-state index >= 15 is 0 Å². The first-order chi connectivity index (χ1) is 11.7. The average molecular weight is 316 g/mol. The van der Waals surface area contributed by atoms with Crippen molar-refractivity contribution in [1.82, 2.24) is 0 Å². The minimum absolute atomic E-state index is 0.0924. The zero-order chi connectivity index (χ0) is 16.8. The third-order valence-corrected chi connectivity index (χ3v) is 3.93. The van der Waals surface area contributed by atoms with E-state index in [1.807, 2.05) is 42.5 Å². The second kappa shape index (κ2) is 7.47. The predicted molar refractivity (Wildman–Crippen MR) is 99.1 cm³/mol. The first-order valence-electron chi connectivity index (χ1n) is 8.00. The number of hydrogen-bond donors (Lipinski definition) is 2. The van der Waals surface area contributed by atoms with Crippen molar-refractivity contribution in [1.29, 1.82) is 0 Å². The van der Waals surface area contributed by atoms with Crippen LogP contribution in [0.4, 0.5) is 11.4 Å². The number of aryl methyl sites for hydroxylation is 2. The molecule has 0 bridgehead atoms. The van der Waals surface area contributed by atoms with Gasteiger partial charge in [-0.15, -0.1) is 0 Å². The minimum Gasteiger partial charge on any atom is -0.399 e. The second-order valence-electron chi connectivity index (χ2n) is 5.76. The van der Waals surface area contributed by atoms with Crippen LogP contribution in [-0.2, 0) is 12.8 Å². The van der Waals surface area contributed by atoms with Crippen LogP contribution in [0.2, 0.25) is 0 Å². The van der Waals surface area contributed by atoms with E-state index < -0.39 is 0 Å². The highest BCUT2D eigenvalue weighted by molar-refractivity contribution is 6.04. The minimum atomic E-state index is -0.0924. The highest BCUT2D eigenvalue weighted by atomic mass is 16.1. The largest absolute Gasteiger partial charge is 0.399 e. The summed E-state index contributed by atoms with van der Waals surface area (Å²) < 4.78 is 0. The quantitative estimate of drug-likeness (QED) is 0.689. The molecule has 3 rings (SSSR count). The summed E-state index contributed by atoms with van der Waals surface area (Å²) in [5.41, 5.74) is 10.5. The fourth-order valence-electron chi connectivity index (χ4n) is 2.52. The van der Waals surface area contributed by atoms with E-state index in [-0.39, 0.29) is 5.91 Å². The van der Waals surface area contributed by atoms with Crippen molar-refractivity contribution in [3.8, 4) is 0 Å². The summed E-state index contributed by atoms with van der Waals surface area (Å²) in [6, 6.07) is 25.2. The molecule has 1 amide bonds. The van der Waals surface area contributed by atoms with Crippen LogP contribution in [0.25, 0.3) is 0 Å². The van der Waals surface area contributed by atoms with Crippen LogP contribution < -0.4 is 11.1 Å². The summed E-state index contributed by atoms with van der Waals surface area (Å²) in [6.45, 7) is 0. The van der Waals surface area contributed by atoms with Crippen LogP contribution in [0.1, 0.15) is 21.5 Å². The standard InChI is InChI=1S/C21H20N2O/c22-19-12-8-16(9-13-19)6-7-17-10-14-20(15-11-17)23-21(24)18-4-2-1-3-5-18/h1-5,8-15H,6-7,22H2,(H,23,24). The van der Waals surface area contributed by atoms with E-state index in [0.29, 0.717) is 5.56 Å². The molecule has 0 aliphatic carbocycles. The number of anilines is 2. The smallest absolute Gasteiger partial charge is 0.255 e. The molecular weight excluding hydrogens is 296 g/mol. The molecule has 0 heterocycles. The molecule has 0 spiro atoms.